The van der Waals surface area contributed by atoms with Crippen LogP contribution in [0.15, 0.2) is 24.3 Å². The monoisotopic (exact) mass is 396 g/mol. The Morgan fingerprint density at radius 3 is 2.22 bits per heavy atom. The molecule has 1 saturated heterocycles. The van der Waals surface area contributed by atoms with Crippen molar-refractivity contribution in [3.05, 3.63) is 35.4 Å². The van der Waals surface area contributed by atoms with Crippen LogP contribution in [-0.4, -0.2) is 42.6 Å². The van der Waals surface area contributed by atoms with E-state index in [1.165, 1.54) is 18.2 Å². The minimum Gasteiger partial charge on any atom is -0.369 e. The zero-order valence-corrected chi connectivity index (χ0v) is 15.1. The van der Waals surface area contributed by atoms with Crippen LogP contribution in [0, 0.1) is 0 Å². The molecular formula is C18H22F6N2O. The molecule has 1 aliphatic rings. The van der Waals surface area contributed by atoms with Gasteiger partial charge in [0.15, 0.2) is 0 Å². The van der Waals surface area contributed by atoms with Gasteiger partial charge in [0.25, 0.3) is 5.60 Å². The predicted molar refractivity (Wildman–Crippen MR) is 91.4 cm³/mol. The Kier molecular flexibility index (Phi) is 5.87. The van der Waals surface area contributed by atoms with E-state index in [2.05, 4.69) is 5.32 Å². The largest absolute Gasteiger partial charge is 0.430 e. The first-order valence-electron chi connectivity index (χ1n) is 8.46. The fourth-order valence-electron chi connectivity index (χ4n) is 3.20. The Hall–Kier alpha value is -1.74. The molecule has 9 heteroatoms. The maximum Gasteiger partial charge on any atom is 0.430 e. The number of nitrogens with zero attached hydrogens (tertiary/aromatic N) is 1. The van der Waals surface area contributed by atoms with Gasteiger partial charge in [-0.3, -0.25) is 0 Å². The van der Waals surface area contributed by atoms with E-state index in [0.29, 0.717) is 24.8 Å². The van der Waals surface area contributed by atoms with Gasteiger partial charge in [0, 0.05) is 36.4 Å². The van der Waals surface area contributed by atoms with Gasteiger partial charge in [-0.05, 0) is 38.5 Å². The van der Waals surface area contributed by atoms with E-state index < -0.39 is 23.5 Å². The highest BCUT2D eigenvalue weighted by Gasteiger charge is 2.71. The quantitative estimate of drug-likeness (QED) is 0.751. The second-order valence-electron chi connectivity index (χ2n) is 6.79. The SMILES string of the molecule is C/C=C\c1cc(C(O)(C(F)(F)F)C(F)(F)F)ccc1N1C[C@H](C)NC[C@H]1C. The summed E-state index contributed by atoms with van der Waals surface area (Å²) in [5.41, 5.74) is -5.49. The third-order valence-electron chi connectivity index (χ3n) is 4.69. The van der Waals surface area contributed by atoms with Crippen molar-refractivity contribution in [2.45, 2.75) is 50.8 Å². The molecule has 1 aliphatic heterocycles. The van der Waals surface area contributed by atoms with Gasteiger partial charge in [-0.15, -0.1) is 0 Å². The van der Waals surface area contributed by atoms with Crippen molar-refractivity contribution >= 4 is 11.8 Å². The fraction of sp³-hybridized carbons (Fsp3) is 0.556. The van der Waals surface area contributed by atoms with E-state index in [1.54, 1.807) is 6.92 Å². The van der Waals surface area contributed by atoms with Gasteiger partial charge >= 0.3 is 12.4 Å². The van der Waals surface area contributed by atoms with Gasteiger partial charge in [-0.2, -0.15) is 26.3 Å². The molecule has 0 radical (unpaired) electrons. The average molecular weight is 396 g/mol. The first-order valence-corrected chi connectivity index (χ1v) is 8.46. The molecule has 0 spiro atoms. The normalized spacial score (nSPS) is 22.5. The van der Waals surface area contributed by atoms with Crippen LogP contribution in [0.1, 0.15) is 31.9 Å². The number of allylic oxidation sites excluding steroid dienone is 1. The third kappa shape index (κ3) is 3.94. The van der Waals surface area contributed by atoms with Crippen LogP contribution in [0.25, 0.3) is 6.08 Å². The summed E-state index contributed by atoms with van der Waals surface area (Å²) in [5, 5.41) is 12.9. The minimum absolute atomic E-state index is 0.000159. The summed E-state index contributed by atoms with van der Waals surface area (Å²) in [6.45, 7) is 6.64. The molecular weight excluding hydrogens is 374 g/mol. The standard InChI is InChI=1S/C18H22F6N2O/c1-4-5-13-8-14(16(27,17(19,20)21)18(22,23)24)6-7-15(13)26-10-11(2)25-9-12(26)3/h4-8,11-12,25,27H,9-10H2,1-3H3/b5-4-/t11-,12+/m0/s1. The van der Waals surface area contributed by atoms with Gasteiger partial charge in [-0.25, -0.2) is 0 Å². The number of hydrogen-bond donors (Lipinski definition) is 2. The van der Waals surface area contributed by atoms with Crippen LogP contribution in [0.4, 0.5) is 32.0 Å². The zero-order chi connectivity index (χ0) is 20.6. The lowest BCUT2D eigenvalue weighted by Gasteiger charge is -2.40. The van der Waals surface area contributed by atoms with Crippen LogP contribution in [0.5, 0.6) is 0 Å². The molecule has 0 amide bonds. The van der Waals surface area contributed by atoms with E-state index in [1.807, 2.05) is 18.7 Å². The molecule has 27 heavy (non-hydrogen) atoms. The Morgan fingerprint density at radius 1 is 1.11 bits per heavy atom. The second-order valence-corrected chi connectivity index (χ2v) is 6.79. The summed E-state index contributed by atoms with van der Waals surface area (Å²) >= 11 is 0. The van der Waals surface area contributed by atoms with Crippen molar-refractivity contribution in [1.29, 1.82) is 0 Å². The first-order chi connectivity index (χ1) is 12.3. The van der Waals surface area contributed by atoms with Gasteiger partial charge in [-0.1, -0.05) is 18.2 Å². The van der Waals surface area contributed by atoms with Crippen molar-refractivity contribution in [3.8, 4) is 0 Å². The molecule has 3 nitrogen and oxygen atoms in total. The van der Waals surface area contributed by atoms with Crippen LogP contribution < -0.4 is 10.2 Å². The summed E-state index contributed by atoms with van der Waals surface area (Å²) in [5.74, 6) is 0. The topological polar surface area (TPSA) is 35.5 Å². The molecule has 0 unspecified atom stereocenters. The fourth-order valence-corrected chi connectivity index (χ4v) is 3.20. The number of nitrogens with one attached hydrogen (secondary N) is 1. The van der Waals surface area contributed by atoms with Gasteiger partial charge in [0.05, 0.1) is 0 Å². The maximum atomic E-state index is 13.2. The Bertz CT molecular complexity index is 684. The highest BCUT2D eigenvalue weighted by atomic mass is 19.4. The van der Waals surface area contributed by atoms with E-state index >= 15 is 0 Å². The molecule has 0 aliphatic carbocycles. The van der Waals surface area contributed by atoms with E-state index in [0.717, 1.165) is 6.07 Å². The van der Waals surface area contributed by atoms with E-state index in [9.17, 15) is 31.4 Å². The highest BCUT2D eigenvalue weighted by Crippen LogP contribution is 2.50. The smallest absolute Gasteiger partial charge is 0.369 e. The minimum atomic E-state index is -5.91. The lowest BCUT2D eigenvalue weighted by molar-refractivity contribution is -0.376. The van der Waals surface area contributed by atoms with Crippen LogP contribution in [-0.2, 0) is 5.60 Å². The number of anilines is 1. The van der Waals surface area contributed by atoms with Gasteiger partial charge in [0.2, 0.25) is 0 Å². The maximum absolute atomic E-state index is 13.2. The van der Waals surface area contributed by atoms with Crippen molar-refractivity contribution in [2.75, 3.05) is 18.0 Å². The van der Waals surface area contributed by atoms with Crippen molar-refractivity contribution in [1.82, 2.24) is 5.32 Å². The molecule has 2 rings (SSSR count). The molecule has 0 aromatic heterocycles. The van der Waals surface area contributed by atoms with Gasteiger partial charge < -0.3 is 15.3 Å². The predicted octanol–water partition coefficient (Wildman–Crippen LogP) is 4.22. The number of halogens is 6. The van der Waals surface area contributed by atoms with Crippen molar-refractivity contribution in [2.24, 2.45) is 0 Å². The molecule has 152 valence electrons. The lowest BCUT2D eigenvalue weighted by atomic mass is 9.90. The Labute approximate surface area is 153 Å². The third-order valence-corrected chi connectivity index (χ3v) is 4.69. The molecule has 1 aromatic rings. The Balaban J connectivity index is 2.61. The van der Waals surface area contributed by atoms with Crippen LogP contribution >= 0.6 is 0 Å². The number of hydrogen-bond acceptors (Lipinski definition) is 3. The number of aliphatic hydroxyl groups is 1. The van der Waals surface area contributed by atoms with Gasteiger partial charge in [0.1, 0.15) is 0 Å². The van der Waals surface area contributed by atoms with Crippen LogP contribution in [0.2, 0.25) is 0 Å². The molecule has 2 N–H and O–H groups in total. The summed E-state index contributed by atoms with van der Waals surface area (Å²) in [6, 6.07) is 2.78. The van der Waals surface area contributed by atoms with E-state index in [-0.39, 0.29) is 17.6 Å². The molecule has 2 atom stereocenters. The van der Waals surface area contributed by atoms with Crippen molar-refractivity contribution < 1.29 is 31.4 Å². The average Bonchev–Trinajstić information content (AvgIpc) is 2.54. The molecule has 1 aromatic carbocycles. The number of benzene rings is 1. The Morgan fingerprint density at radius 2 is 1.70 bits per heavy atom. The van der Waals surface area contributed by atoms with Crippen molar-refractivity contribution in [3.63, 3.8) is 0 Å². The molecule has 1 heterocycles. The summed E-state index contributed by atoms with van der Waals surface area (Å²) in [6.07, 6.45) is -8.85. The molecule has 0 saturated carbocycles. The van der Waals surface area contributed by atoms with E-state index in [4.69, 9.17) is 0 Å². The van der Waals surface area contributed by atoms with Crippen LogP contribution in [0.3, 0.4) is 0 Å². The lowest BCUT2D eigenvalue weighted by Crippen LogP contribution is -2.55. The molecule has 1 fully saturated rings. The first kappa shape index (κ1) is 21.6. The summed E-state index contributed by atoms with van der Waals surface area (Å²) < 4.78 is 79.0. The summed E-state index contributed by atoms with van der Waals surface area (Å²) in [7, 11) is 0. The summed E-state index contributed by atoms with van der Waals surface area (Å²) in [4.78, 5) is 1.93. The number of piperazine rings is 1. The molecule has 0 bridgehead atoms. The zero-order valence-electron chi connectivity index (χ0n) is 15.1. The highest BCUT2D eigenvalue weighted by molar-refractivity contribution is 5.69. The second kappa shape index (κ2) is 7.35. The number of alkyl halides is 6. The number of rotatable bonds is 3.